The van der Waals surface area contributed by atoms with E-state index in [1.807, 2.05) is 11.5 Å². The number of rotatable bonds is 4. The van der Waals surface area contributed by atoms with Crippen molar-refractivity contribution in [1.82, 2.24) is 18.8 Å². The second-order valence-corrected chi connectivity index (χ2v) is 7.87. The molecule has 1 aliphatic heterocycles. The van der Waals surface area contributed by atoms with Gasteiger partial charge in [-0.3, -0.25) is 4.98 Å². The van der Waals surface area contributed by atoms with E-state index in [0.717, 1.165) is 11.5 Å². The third-order valence-electron chi connectivity index (χ3n) is 4.09. The van der Waals surface area contributed by atoms with E-state index in [4.69, 9.17) is 14.6 Å². The number of aromatic nitrogens is 3. The van der Waals surface area contributed by atoms with Gasteiger partial charge in [0.15, 0.2) is 0 Å². The van der Waals surface area contributed by atoms with Crippen LogP contribution >= 0.6 is 0 Å². The first kappa shape index (κ1) is 22.8. The smallest absolute Gasteiger partial charge is 0.475 e. The van der Waals surface area contributed by atoms with Crippen molar-refractivity contribution >= 4 is 16.0 Å². The van der Waals surface area contributed by atoms with Crippen LogP contribution < -0.4 is 0 Å². The van der Waals surface area contributed by atoms with E-state index in [1.165, 1.54) is 10.5 Å². The van der Waals surface area contributed by atoms with Crippen molar-refractivity contribution in [2.75, 3.05) is 13.7 Å². The molecule has 0 saturated carbocycles. The Morgan fingerprint density at radius 3 is 2.52 bits per heavy atom. The van der Waals surface area contributed by atoms with Gasteiger partial charge in [-0.15, -0.1) is 0 Å². The largest absolute Gasteiger partial charge is 0.490 e. The molecule has 0 saturated heterocycles. The summed E-state index contributed by atoms with van der Waals surface area (Å²) in [7, 11) is -1.94. The molecule has 1 N–H and O–H groups in total. The molecule has 2 aromatic rings. The SMILES string of the molecule is COCc1cnc2n1CCN(S(=O)(=O)c1cccnc1)C2C.O=C(O)C(F)(F)F. The second-order valence-electron chi connectivity index (χ2n) is 5.98. The molecule has 29 heavy (non-hydrogen) atoms. The number of sulfonamides is 1. The van der Waals surface area contributed by atoms with E-state index < -0.39 is 22.2 Å². The fourth-order valence-corrected chi connectivity index (χ4v) is 4.31. The summed E-state index contributed by atoms with van der Waals surface area (Å²) in [6.07, 6.45) is -0.405. The van der Waals surface area contributed by atoms with Crippen molar-refractivity contribution in [2.24, 2.45) is 0 Å². The monoisotopic (exact) mass is 436 g/mol. The van der Waals surface area contributed by atoms with Gasteiger partial charge in [0.1, 0.15) is 10.7 Å². The average molecular weight is 436 g/mol. The first-order valence-corrected chi connectivity index (χ1v) is 9.69. The number of nitrogens with zero attached hydrogens (tertiary/aromatic N) is 4. The van der Waals surface area contributed by atoms with Crippen LogP contribution in [-0.2, 0) is 32.7 Å². The zero-order valence-corrected chi connectivity index (χ0v) is 16.3. The van der Waals surface area contributed by atoms with Gasteiger partial charge in [-0.25, -0.2) is 18.2 Å². The Morgan fingerprint density at radius 2 is 2.00 bits per heavy atom. The first-order valence-electron chi connectivity index (χ1n) is 8.25. The number of ether oxygens (including phenoxy) is 1. The van der Waals surface area contributed by atoms with Crippen LogP contribution in [0.1, 0.15) is 24.5 Å². The summed E-state index contributed by atoms with van der Waals surface area (Å²) in [4.78, 5) is 17.4. The highest BCUT2D eigenvalue weighted by Crippen LogP contribution is 2.30. The summed E-state index contributed by atoms with van der Waals surface area (Å²) in [5.74, 6) is -2.02. The lowest BCUT2D eigenvalue weighted by atomic mass is 10.2. The van der Waals surface area contributed by atoms with Crippen LogP contribution in [0.3, 0.4) is 0 Å². The summed E-state index contributed by atoms with van der Waals surface area (Å²) in [6.45, 7) is 3.29. The predicted molar refractivity (Wildman–Crippen MR) is 93.2 cm³/mol. The van der Waals surface area contributed by atoms with Crippen LogP contribution in [0.25, 0.3) is 0 Å². The molecule has 0 spiro atoms. The molecule has 0 amide bonds. The van der Waals surface area contributed by atoms with Gasteiger partial charge < -0.3 is 14.4 Å². The van der Waals surface area contributed by atoms with Gasteiger partial charge in [0.25, 0.3) is 0 Å². The molecular formula is C16H19F3N4O5S. The molecule has 13 heteroatoms. The van der Waals surface area contributed by atoms with Crippen molar-refractivity contribution < 1.29 is 36.2 Å². The van der Waals surface area contributed by atoms with Crippen LogP contribution in [0, 0.1) is 0 Å². The molecule has 160 valence electrons. The van der Waals surface area contributed by atoms with Crippen molar-refractivity contribution in [3.8, 4) is 0 Å². The van der Waals surface area contributed by atoms with E-state index >= 15 is 0 Å². The summed E-state index contributed by atoms with van der Waals surface area (Å²) in [5, 5.41) is 7.12. The highest BCUT2D eigenvalue weighted by Gasteiger charge is 2.38. The lowest BCUT2D eigenvalue weighted by Gasteiger charge is -2.33. The molecule has 3 rings (SSSR count). The molecule has 0 radical (unpaired) electrons. The van der Waals surface area contributed by atoms with Gasteiger partial charge in [-0.2, -0.15) is 17.5 Å². The minimum atomic E-state index is -5.08. The molecule has 0 aliphatic carbocycles. The minimum absolute atomic E-state index is 0.207. The van der Waals surface area contributed by atoms with E-state index in [2.05, 4.69) is 9.97 Å². The number of hydrogen-bond donors (Lipinski definition) is 1. The highest BCUT2D eigenvalue weighted by atomic mass is 32.2. The number of pyridine rings is 1. The zero-order chi connectivity index (χ0) is 21.8. The van der Waals surface area contributed by atoms with Crippen molar-refractivity contribution in [3.05, 3.63) is 42.2 Å². The van der Waals surface area contributed by atoms with Crippen molar-refractivity contribution in [3.63, 3.8) is 0 Å². The first-order chi connectivity index (χ1) is 13.5. The lowest BCUT2D eigenvalue weighted by Crippen LogP contribution is -2.41. The quantitative estimate of drug-likeness (QED) is 0.778. The Hall–Kier alpha value is -2.51. The van der Waals surface area contributed by atoms with E-state index in [0.29, 0.717) is 19.7 Å². The topological polar surface area (TPSA) is 115 Å². The Labute approximate surface area is 164 Å². The number of carboxylic acid groups (broad SMARTS) is 1. The molecule has 3 heterocycles. The van der Waals surface area contributed by atoms with Crippen LogP contribution in [-0.4, -0.2) is 58.2 Å². The Kier molecular flexibility index (Phi) is 6.97. The molecule has 1 atom stereocenters. The van der Waals surface area contributed by atoms with Gasteiger partial charge in [-0.1, -0.05) is 0 Å². The number of carboxylic acids is 1. The van der Waals surface area contributed by atoms with Crippen LogP contribution in [0.5, 0.6) is 0 Å². The second kappa shape index (κ2) is 8.88. The third-order valence-corrected chi connectivity index (χ3v) is 6.05. The van der Waals surface area contributed by atoms with Crippen molar-refractivity contribution in [1.29, 1.82) is 0 Å². The number of carbonyl (C=O) groups is 1. The average Bonchev–Trinajstić information content (AvgIpc) is 3.06. The molecule has 1 unspecified atom stereocenters. The number of alkyl halides is 3. The Balaban J connectivity index is 0.000000370. The Bertz CT molecular complexity index is 947. The molecule has 0 bridgehead atoms. The molecule has 0 fully saturated rings. The normalized spacial score (nSPS) is 17.2. The minimum Gasteiger partial charge on any atom is -0.475 e. The molecular weight excluding hydrogens is 417 g/mol. The predicted octanol–water partition coefficient (Wildman–Crippen LogP) is 1.82. The standard InChI is InChI=1S/C14H18N4O3S.C2HF3O2/c1-11-14-16-8-12(10-21-2)17(14)6-7-18(11)22(19,20)13-4-3-5-15-9-13;3-2(4,5)1(6)7/h3-5,8-9,11H,6-7,10H2,1-2H3;(H,6,7). The van der Waals surface area contributed by atoms with Gasteiger partial charge in [0.2, 0.25) is 10.0 Å². The lowest BCUT2D eigenvalue weighted by molar-refractivity contribution is -0.192. The molecule has 1 aliphatic rings. The maximum absolute atomic E-state index is 12.8. The number of hydrogen-bond acceptors (Lipinski definition) is 6. The molecule has 9 nitrogen and oxygen atoms in total. The maximum Gasteiger partial charge on any atom is 0.490 e. The van der Waals surface area contributed by atoms with Crippen LogP contribution in [0.2, 0.25) is 0 Å². The van der Waals surface area contributed by atoms with E-state index in [1.54, 1.807) is 31.6 Å². The van der Waals surface area contributed by atoms with Gasteiger partial charge in [0, 0.05) is 32.6 Å². The summed E-state index contributed by atoms with van der Waals surface area (Å²) < 4.78 is 65.9. The number of aliphatic carboxylic acids is 1. The summed E-state index contributed by atoms with van der Waals surface area (Å²) >= 11 is 0. The third kappa shape index (κ3) is 5.10. The molecule has 2 aromatic heterocycles. The van der Waals surface area contributed by atoms with E-state index in [9.17, 15) is 21.6 Å². The van der Waals surface area contributed by atoms with Gasteiger partial charge in [-0.05, 0) is 19.1 Å². The number of fused-ring (bicyclic) bond motifs is 1. The summed E-state index contributed by atoms with van der Waals surface area (Å²) in [5.41, 5.74) is 0.961. The van der Waals surface area contributed by atoms with Gasteiger partial charge in [0.05, 0.1) is 24.5 Å². The van der Waals surface area contributed by atoms with E-state index in [-0.39, 0.29) is 10.9 Å². The maximum atomic E-state index is 12.8. The fraction of sp³-hybridized carbons (Fsp3) is 0.438. The molecule has 0 aromatic carbocycles. The Morgan fingerprint density at radius 1 is 1.34 bits per heavy atom. The zero-order valence-electron chi connectivity index (χ0n) is 15.5. The summed E-state index contributed by atoms with van der Waals surface area (Å²) in [6, 6.07) is 2.86. The number of imidazole rings is 1. The van der Waals surface area contributed by atoms with Gasteiger partial charge >= 0.3 is 12.1 Å². The van der Waals surface area contributed by atoms with Crippen molar-refractivity contribution in [2.45, 2.75) is 37.2 Å². The number of halogens is 3. The van der Waals surface area contributed by atoms with Crippen LogP contribution in [0.4, 0.5) is 13.2 Å². The number of methoxy groups -OCH3 is 1. The highest BCUT2D eigenvalue weighted by molar-refractivity contribution is 7.89. The van der Waals surface area contributed by atoms with Crippen LogP contribution in [0.15, 0.2) is 35.6 Å². The fourth-order valence-electron chi connectivity index (χ4n) is 2.77.